The fourth-order valence-corrected chi connectivity index (χ4v) is 3.12. The first-order valence-corrected chi connectivity index (χ1v) is 8.78. The van der Waals surface area contributed by atoms with E-state index >= 15 is 0 Å². The van der Waals surface area contributed by atoms with Crippen LogP contribution < -0.4 is 15.4 Å². The van der Waals surface area contributed by atoms with Crippen molar-refractivity contribution in [2.45, 2.75) is 6.54 Å². The highest BCUT2D eigenvalue weighted by Crippen LogP contribution is 2.26. The van der Waals surface area contributed by atoms with Gasteiger partial charge < -0.3 is 20.1 Å². The van der Waals surface area contributed by atoms with Gasteiger partial charge >= 0.3 is 0 Å². The van der Waals surface area contributed by atoms with E-state index in [1.54, 1.807) is 30.6 Å². The van der Waals surface area contributed by atoms with Crippen LogP contribution >= 0.6 is 11.3 Å². The predicted molar refractivity (Wildman–Crippen MR) is 94.1 cm³/mol. The third-order valence-corrected chi connectivity index (χ3v) is 4.66. The van der Waals surface area contributed by atoms with Crippen LogP contribution in [0.5, 0.6) is 5.88 Å². The molecule has 132 valence electrons. The molecule has 2 N–H and O–H groups in total. The van der Waals surface area contributed by atoms with Gasteiger partial charge in [-0.05, 0) is 17.5 Å². The van der Waals surface area contributed by atoms with Crippen LogP contribution in [0, 0.1) is 5.92 Å². The van der Waals surface area contributed by atoms with E-state index in [1.165, 1.54) is 0 Å². The quantitative estimate of drug-likeness (QED) is 0.576. The van der Waals surface area contributed by atoms with E-state index in [0.29, 0.717) is 31.3 Å². The number of ketones is 1. The first kappa shape index (κ1) is 17.4. The highest BCUT2D eigenvalue weighted by atomic mass is 32.1. The summed E-state index contributed by atoms with van der Waals surface area (Å²) in [6.07, 6.45) is 0. The summed E-state index contributed by atoms with van der Waals surface area (Å²) in [4.78, 5) is 30.3. The summed E-state index contributed by atoms with van der Waals surface area (Å²) in [6.45, 7) is 1.45. The number of methoxy groups -OCH3 is 1. The first-order valence-electron chi connectivity index (χ1n) is 7.90. The second-order valence-corrected chi connectivity index (χ2v) is 6.51. The van der Waals surface area contributed by atoms with Gasteiger partial charge in [0.15, 0.2) is 5.78 Å². The molecule has 0 aromatic carbocycles. The van der Waals surface area contributed by atoms with Crippen molar-refractivity contribution in [3.05, 3.63) is 40.2 Å². The molecule has 8 heteroatoms. The molecule has 1 aliphatic heterocycles. The maximum atomic E-state index is 12.7. The molecule has 1 unspecified atom stereocenters. The van der Waals surface area contributed by atoms with Crippen LogP contribution in [0.25, 0.3) is 0 Å². The number of rotatable bonds is 7. The summed E-state index contributed by atoms with van der Waals surface area (Å²) < 4.78 is 10.4. The monoisotopic (exact) mass is 361 g/mol. The number of nitrogens with zero attached hydrogens (tertiary/aromatic N) is 1. The molecule has 0 radical (unpaired) electrons. The number of anilines is 1. The number of thiophene rings is 1. The second kappa shape index (κ2) is 8.09. The number of Topliss-reactive ketones (excluding diaryl/α,β-unsaturated/α-hetero) is 1. The summed E-state index contributed by atoms with van der Waals surface area (Å²) in [6, 6.07) is 7.28. The van der Waals surface area contributed by atoms with Crippen LogP contribution in [-0.4, -0.2) is 43.5 Å². The van der Waals surface area contributed by atoms with E-state index in [9.17, 15) is 9.59 Å². The summed E-state index contributed by atoms with van der Waals surface area (Å²) in [5, 5.41) is 7.84. The Bertz CT molecular complexity index is 748. The van der Waals surface area contributed by atoms with Crippen LogP contribution in [0.2, 0.25) is 0 Å². The smallest absolute Gasteiger partial charge is 0.233 e. The van der Waals surface area contributed by atoms with Gasteiger partial charge in [-0.2, -0.15) is 0 Å². The molecule has 2 aromatic rings. The van der Waals surface area contributed by atoms with E-state index < -0.39 is 5.92 Å². The largest absolute Gasteiger partial charge is 0.475 e. The molecule has 0 fully saturated rings. The van der Waals surface area contributed by atoms with Crippen molar-refractivity contribution in [1.29, 1.82) is 0 Å². The number of nitrogens with one attached hydrogen (secondary N) is 2. The zero-order chi connectivity index (χ0) is 17.6. The lowest BCUT2D eigenvalue weighted by molar-refractivity contribution is -0.123. The van der Waals surface area contributed by atoms with Crippen LogP contribution in [-0.2, 0) is 16.1 Å². The average molecular weight is 361 g/mol. The van der Waals surface area contributed by atoms with Crippen molar-refractivity contribution in [2.24, 2.45) is 5.92 Å². The first-order chi connectivity index (χ1) is 12.2. The summed E-state index contributed by atoms with van der Waals surface area (Å²) in [5.74, 6) is -1.06. The van der Waals surface area contributed by atoms with Crippen LogP contribution in [0.3, 0.4) is 0 Å². The minimum Gasteiger partial charge on any atom is -0.475 e. The van der Waals surface area contributed by atoms with E-state index in [4.69, 9.17) is 9.47 Å². The summed E-state index contributed by atoms with van der Waals surface area (Å²) in [5.41, 5.74) is 0.851. The third kappa shape index (κ3) is 4.15. The molecular weight excluding hydrogens is 342 g/mol. The fraction of sp³-hybridized carbons (Fsp3) is 0.353. The summed E-state index contributed by atoms with van der Waals surface area (Å²) in [7, 11) is 1.58. The van der Waals surface area contributed by atoms with Gasteiger partial charge in [0.25, 0.3) is 0 Å². The molecule has 3 heterocycles. The van der Waals surface area contributed by atoms with Gasteiger partial charge in [-0.25, -0.2) is 4.98 Å². The normalized spacial score (nSPS) is 16.0. The van der Waals surface area contributed by atoms with Crippen LogP contribution in [0.15, 0.2) is 29.6 Å². The van der Waals surface area contributed by atoms with Gasteiger partial charge in [0, 0.05) is 24.6 Å². The molecule has 0 spiro atoms. The van der Waals surface area contributed by atoms with Crippen LogP contribution in [0.1, 0.15) is 15.4 Å². The van der Waals surface area contributed by atoms with E-state index in [2.05, 4.69) is 15.6 Å². The molecule has 0 bridgehead atoms. The van der Waals surface area contributed by atoms with Crippen molar-refractivity contribution in [3.63, 3.8) is 0 Å². The Kier molecular flexibility index (Phi) is 5.62. The van der Waals surface area contributed by atoms with Gasteiger partial charge in [-0.3, -0.25) is 9.59 Å². The number of ether oxygens (including phenoxy) is 2. The Balaban J connectivity index is 1.66. The number of carbonyl (C=O) groups is 2. The molecular formula is C17H19N3O4S. The Morgan fingerprint density at radius 3 is 3.04 bits per heavy atom. The van der Waals surface area contributed by atoms with E-state index in [1.807, 2.05) is 17.5 Å². The van der Waals surface area contributed by atoms with Crippen molar-refractivity contribution in [1.82, 2.24) is 10.3 Å². The molecule has 0 aliphatic carbocycles. The molecule has 0 saturated heterocycles. The molecule has 1 aliphatic rings. The van der Waals surface area contributed by atoms with Crippen molar-refractivity contribution in [2.75, 3.05) is 32.2 Å². The van der Waals surface area contributed by atoms with Crippen LogP contribution in [0.4, 0.5) is 5.69 Å². The SMILES string of the molecule is COCCOc1ccc2c(n1)C(=O)C(C(=O)NCc1cccs1)CN2. The zero-order valence-corrected chi connectivity index (χ0v) is 14.6. The van der Waals surface area contributed by atoms with Gasteiger partial charge in [-0.1, -0.05) is 6.07 Å². The lowest BCUT2D eigenvalue weighted by Crippen LogP contribution is -2.42. The minimum absolute atomic E-state index is 0.234. The van der Waals surface area contributed by atoms with Crippen molar-refractivity contribution >= 4 is 28.7 Å². The second-order valence-electron chi connectivity index (χ2n) is 5.48. The molecule has 1 atom stereocenters. The number of hydrogen-bond donors (Lipinski definition) is 2. The average Bonchev–Trinajstić information content (AvgIpc) is 3.14. The molecule has 25 heavy (non-hydrogen) atoms. The van der Waals surface area contributed by atoms with Gasteiger partial charge in [-0.15, -0.1) is 11.3 Å². The maximum Gasteiger partial charge on any atom is 0.233 e. The zero-order valence-electron chi connectivity index (χ0n) is 13.8. The van der Waals surface area contributed by atoms with E-state index in [-0.39, 0.29) is 23.9 Å². The number of carbonyl (C=O) groups excluding carboxylic acids is 2. The molecule has 0 saturated carbocycles. The fourth-order valence-electron chi connectivity index (χ4n) is 2.47. The van der Waals surface area contributed by atoms with Gasteiger partial charge in [0.2, 0.25) is 11.8 Å². The number of fused-ring (bicyclic) bond motifs is 1. The Hall–Kier alpha value is -2.45. The maximum absolute atomic E-state index is 12.7. The standard InChI is InChI=1S/C17H19N3O4S/c1-23-6-7-24-14-5-4-13-15(20-14)16(21)12(10-18-13)17(22)19-9-11-3-2-8-25-11/h2-5,8,12,18H,6-7,9-10H2,1H3,(H,19,22). The van der Waals surface area contributed by atoms with Crippen molar-refractivity contribution < 1.29 is 19.1 Å². The molecule has 3 rings (SSSR count). The number of amides is 1. The number of aromatic nitrogens is 1. The number of hydrogen-bond acceptors (Lipinski definition) is 7. The van der Waals surface area contributed by atoms with Gasteiger partial charge in [0.1, 0.15) is 18.2 Å². The Labute approximate surface area is 149 Å². The van der Waals surface area contributed by atoms with Crippen molar-refractivity contribution in [3.8, 4) is 5.88 Å². The topological polar surface area (TPSA) is 89.6 Å². The predicted octanol–water partition coefficient (Wildman–Crippen LogP) is 1.71. The van der Waals surface area contributed by atoms with Gasteiger partial charge in [0.05, 0.1) is 18.8 Å². The Morgan fingerprint density at radius 2 is 2.28 bits per heavy atom. The highest BCUT2D eigenvalue weighted by Gasteiger charge is 2.34. The minimum atomic E-state index is -0.797. The molecule has 1 amide bonds. The lowest BCUT2D eigenvalue weighted by Gasteiger charge is -2.23. The van der Waals surface area contributed by atoms with E-state index in [0.717, 1.165) is 4.88 Å². The third-order valence-electron chi connectivity index (χ3n) is 3.79. The lowest BCUT2D eigenvalue weighted by atomic mass is 9.95. The number of pyridine rings is 1. The molecule has 2 aromatic heterocycles. The Morgan fingerprint density at radius 1 is 1.40 bits per heavy atom. The molecule has 7 nitrogen and oxygen atoms in total. The highest BCUT2D eigenvalue weighted by molar-refractivity contribution is 7.09. The summed E-state index contributed by atoms with van der Waals surface area (Å²) >= 11 is 1.56.